The number of amides is 1. The van der Waals surface area contributed by atoms with Crippen LogP contribution in [-0.4, -0.2) is 15.8 Å². The topological polar surface area (TPSA) is 99.1 Å². The number of nitrogens with zero attached hydrogens (tertiary/aromatic N) is 2. The summed E-state index contributed by atoms with van der Waals surface area (Å²) in [4.78, 5) is 26.3. The van der Waals surface area contributed by atoms with Gasteiger partial charge in [0, 0.05) is 24.0 Å². The normalized spacial score (nSPS) is 10.5. The summed E-state index contributed by atoms with van der Waals surface area (Å²) in [5.74, 6) is -0.545. The molecule has 108 valence electrons. The molecule has 6 nitrogen and oxygen atoms in total. The molecule has 3 aromatic rings. The summed E-state index contributed by atoms with van der Waals surface area (Å²) in [5.41, 5.74) is 7.11. The van der Waals surface area contributed by atoms with Crippen LogP contribution in [0.1, 0.15) is 10.4 Å². The van der Waals surface area contributed by atoms with Crippen LogP contribution >= 0.6 is 0 Å². The Hall–Kier alpha value is -3.28. The van der Waals surface area contributed by atoms with E-state index < -0.39 is 10.8 Å². The summed E-state index contributed by atoms with van der Waals surface area (Å²) >= 11 is 0. The summed E-state index contributed by atoms with van der Waals surface area (Å²) in [6.45, 7) is 0. The quantitative estimate of drug-likeness (QED) is 0.592. The van der Waals surface area contributed by atoms with Gasteiger partial charge in [-0.25, -0.2) is 0 Å². The SMILES string of the molecule is NC(=O)c1ccccc1-c1ccc([N+](=O)[O-])c2cnccc12. The smallest absolute Gasteiger partial charge is 0.278 e. The third kappa shape index (κ3) is 2.16. The van der Waals surface area contributed by atoms with Crippen molar-refractivity contribution >= 4 is 22.4 Å². The summed E-state index contributed by atoms with van der Waals surface area (Å²) < 4.78 is 0. The minimum absolute atomic E-state index is 0.0246. The molecule has 22 heavy (non-hydrogen) atoms. The van der Waals surface area contributed by atoms with Gasteiger partial charge in [0.1, 0.15) is 0 Å². The van der Waals surface area contributed by atoms with Gasteiger partial charge in [-0.2, -0.15) is 0 Å². The Morgan fingerprint density at radius 1 is 1.05 bits per heavy atom. The number of carbonyl (C=O) groups excluding carboxylic acids is 1. The fourth-order valence-electron chi connectivity index (χ4n) is 2.50. The van der Waals surface area contributed by atoms with Crippen molar-refractivity contribution in [3.63, 3.8) is 0 Å². The Labute approximate surface area is 125 Å². The van der Waals surface area contributed by atoms with Gasteiger partial charge in [0.2, 0.25) is 5.91 Å². The number of rotatable bonds is 3. The summed E-state index contributed by atoms with van der Waals surface area (Å²) in [6.07, 6.45) is 3.01. The molecule has 0 spiro atoms. The second-order valence-corrected chi connectivity index (χ2v) is 4.72. The zero-order valence-corrected chi connectivity index (χ0v) is 11.4. The number of fused-ring (bicyclic) bond motifs is 1. The average molecular weight is 293 g/mol. The van der Waals surface area contributed by atoms with Gasteiger partial charge in [-0.1, -0.05) is 18.2 Å². The van der Waals surface area contributed by atoms with E-state index in [1.54, 1.807) is 42.6 Å². The van der Waals surface area contributed by atoms with E-state index in [1.807, 2.05) is 0 Å². The van der Waals surface area contributed by atoms with Gasteiger partial charge in [0.25, 0.3) is 5.69 Å². The van der Waals surface area contributed by atoms with Crippen molar-refractivity contribution < 1.29 is 9.72 Å². The number of benzene rings is 2. The molecule has 0 atom stereocenters. The first-order valence-corrected chi connectivity index (χ1v) is 6.50. The van der Waals surface area contributed by atoms with Gasteiger partial charge in [0.05, 0.1) is 10.3 Å². The van der Waals surface area contributed by atoms with Crippen LogP contribution in [0, 0.1) is 10.1 Å². The molecule has 1 aromatic heterocycles. The molecule has 1 heterocycles. The Kier molecular flexibility index (Phi) is 3.27. The van der Waals surface area contributed by atoms with E-state index in [1.165, 1.54) is 12.3 Å². The lowest BCUT2D eigenvalue weighted by Crippen LogP contribution is -2.12. The first kappa shape index (κ1) is 13.7. The van der Waals surface area contributed by atoms with Crippen molar-refractivity contribution in [1.82, 2.24) is 4.98 Å². The lowest BCUT2D eigenvalue weighted by atomic mass is 9.94. The fraction of sp³-hybridized carbons (Fsp3) is 0. The van der Waals surface area contributed by atoms with Crippen LogP contribution in [0.5, 0.6) is 0 Å². The number of nitro benzene ring substituents is 1. The minimum atomic E-state index is -0.545. The largest absolute Gasteiger partial charge is 0.366 e. The number of aromatic nitrogens is 1. The second-order valence-electron chi connectivity index (χ2n) is 4.72. The molecule has 0 unspecified atom stereocenters. The van der Waals surface area contributed by atoms with Crippen molar-refractivity contribution in [2.24, 2.45) is 5.73 Å². The molecule has 1 amide bonds. The standard InChI is InChI=1S/C16H11N3O3/c17-16(20)13-4-2-1-3-10(13)11-5-6-15(19(21)22)14-9-18-8-7-12(11)14/h1-9H,(H2,17,20). The monoisotopic (exact) mass is 293 g/mol. The van der Waals surface area contributed by atoms with Crippen molar-refractivity contribution in [1.29, 1.82) is 0 Å². The maximum Gasteiger partial charge on any atom is 0.278 e. The van der Waals surface area contributed by atoms with E-state index in [0.717, 1.165) is 0 Å². The Morgan fingerprint density at radius 2 is 1.82 bits per heavy atom. The molecule has 0 saturated carbocycles. The van der Waals surface area contributed by atoms with Gasteiger partial charge in [-0.05, 0) is 34.7 Å². The Bertz CT molecular complexity index is 906. The number of non-ortho nitro benzene ring substituents is 1. The van der Waals surface area contributed by atoms with Gasteiger partial charge >= 0.3 is 0 Å². The highest BCUT2D eigenvalue weighted by molar-refractivity contribution is 6.07. The van der Waals surface area contributed by atoms with Crippen LogP contribution in [0.15, 0.2) is 54.9 Å². The first-order valence-electron chi connectivity index (χ1n) is 6.50. The van der Waals surface area contributed by atoms with Gasteiger partial charge < -0.3 is 5.73 Å². The van der Waals surface area contributed by atoms with Crippen LogP contribution in [0.4, 0.5) is 5.69 Å². The first-order chi connectivity index (χ1) is 10.6. The maximum absolute atomic E-state index is 11.6. The number of nitrogens with two attached hydrogens (primary N) is 1. The Balaban J connectivity index is 2.37. The number of carbonyl (C=O) groups is 1. The molecule has 6 heteroatoms. The third-order valence-corrected chi connectivity index (χ3v) is 3.47. The lowest BCUT2D eigenvalue weighted by molar-refractivity contribution is -0.383. The Morgan fingerprint density at radius 3 is 2.55 bits per heavy atom. The molecular formula is C16H11N3O3. The molecule has 0 saturated heterocycles. The molecule has 2 aromatic carbocycles. The highest BCUT2D eigenvalue weighted by atomic mass is 16.6. The van der Waals surface area contributed by atoms with Crippen LogP contribution in [-0.2, 0) is 0 Å². The molecule has 2 N–H and O–H groups in total. The van der Waals surface area contributed by atoms with E-state index in [4.69, 9.17) is 5.73 Å². The van der Waals surface area contributed by atoms with E-state index in [0.29, 0.717) is 27.5 Å². The zero-order chi connectivity index (χ0) is 15.7. The molecular weight excluding hydrogens is 282 g/mol. The van der Waals surface area contributed by atoms with Crippen molar-refractivity contribution in [3.05, 3.63) is 70.5 Å². The van der Waals surface area contributed by atoms with Crippen molar-refractivity contribution in [3.8, 4) is 11.1 Å². The number of nitro groups is 1. The molecule has 0 bridgehead atoms. The van der Waals surface area contributed by atoms with Crippen LogP contribution in [0.25, 0.3) is 21.9 Å². The average Bonchev–Trinajstić information content (AvgIpc) is 2.53. The molecule has 0 radical (unpaired) electrons. The highest BCUT2D eigenvalue weighted by Crippen LogP contribution is 2.35. The van der Waals surface area contributed by atoms with Crippen LogP contribution in [0.2, 0.25) is 0 Å². The molecule has 0 aliphatic rings. The van der Waals surface area contributed by atoms with Gasteiger partial charge in [-0.3, -0.25) is 19.9 Å². The third-order valence-electron chi connectivity index (χ3n) is 3.47. The molecule has 3 rings (SSSR count). The summed E-state index contributed by atoms with van der Waals surface area (Å²) in [5, 5.41) is 12.2. The number of hydrogen-bond acceptors (Lipinski definition) is 4. The van der Waals surface area contributed by atoms with E-state index in [9.17, 15) is 14.9 Å². The number of hydrogen-bond donors (Lipinski definition) is 1. The van der Waals surface area contributed by atoms with E-state index in [2.05, 4.69) is 4.98 Å². The molecule has 0 aliphatic heterocycles. The summed E-state index contributed by atoms with van der Waals surface area (Å²) in [7, 11) is 0. The predicted octanol–water partition coefficient (Wildman–Crippen LogP) is 2.91. The zero-order valence-electron chi connectivity index (χ0n) is 11.4. The predicted molar refractivity (Wildman–Crippen MR) is 82.4 cm³/mol. The lowest BCUT2D eigenvalue weighted by Gasteiger charge is -2.10. The van der Waals surface area contributed by atoms with Crippen molar-refractivity contribution in [2.45, 2.75) is 0 Å². The number of primary amides is 1. The van der Waals surface area contributed by atoms with Crippen molar-refractivity contribution in [2.75, 3.05) is 0 Å². The van der Waals surface area contributed by atoms with E-state index in [-0.39, 0.29) is 5.69 Å². The molecule has 0 fully saturated rings. The maximum atomic E-state index is 11.6. The summed E-state index contributed by atoms with van der Waals surface area (Å²) in [6, 6.07) is 11.6. The van der Waals surface area contributed by atoms with E-state index >= 15 is 0 Å². The van der Waals surface area contributed by atoms with Crippen LogP contribution in [0.3, 0.4) is 0 Å². The van der Waals surface area contributed by atoms with Crippen LogP contribution < -0.4 is 5.73 Å². The highest BCUT2D eigenvalue weighted by Gasteiger charge is 2.17. The fourth-order valence-corrected chi connectivity index (χ4v) is 2.50. The number of pyridine rings is 1. The van der Waals surface area contributed by atoms with Gasteiger partial charge in [-0.15, -0.1) is 0 Å². The second kappa shape index (κ2) is 5.25. The minimum Gasteiger partial charge on any atom is -0.366 e. The molecule has 0 aliphatic carbocycles. The van der Waals surface area contributed by atoms with Gasteiger partial charge in [0.15, 0.2) is 0 Å².